The molecule has 2 atom stereocenters. The molecular weight excluding hydrogens is 412 g/mol. The molecule has 3 aliphatic heterocycles. The van der Waals surface area contributed by atoms with Gasteiger partial charge in [-0.15, -0.1) is 0 Å². The Kier molecular flexibility index (Phi) is 6.64. The number of carbonyl (C=O) groups excluding carboxylic acids is 1. The van der Waals surface area contributed by atoms with Gasteiger partial charge in [0, 0.05) is 12.8 Å². The lowest BCUT2D eigenvalue weighted by Crippen LogP contribution is -2.61. The SMILES string of the molecule is CCCc1c(OC2CCNCC2)ncnc1OC1CC2COCC(C1)N2C(=O)OC1CC1. The minimum atomic E-state index is -0.199. The average molecular weight is 447 g/mol. The van der Waals surface area contributed by atoms with Crippen molar-refractivity contribution in [3.63, 3.8) is 0 Å². The number of fused-ring (bicyclic) bond motifs is 2. The van der Waals surface area contributed by atoms with Gasteiger partial charge in [-0.3, -0.25) is 4.90 Å². The van der Waals surface area contributed by atoms with Crippen LogP contribution >= 0.6 is 0 Å². The molecular formula is C23H34N4O5. The van der Waals surface area contributed by atoms with Gasteiger partial charge in [-0.1, -0.05) is 13.3 Å². The van der Waals surface area contributed by atoms with E-state index < -0.39 is 0 Å². The summed E-state index contributed by atoms with van der Waals surface area (Å²) in [6.45, 7) is 5.11. The topological polar surface area (TPSA) is 95.0 Å². The Morgan fingerprint density at radius 1 is 1.03 bits per heavy atom. The molecule has 2 bridgehead atoms. The summed E-state index contributed by atoms with van der Waals surface area (Å²) in [5.41, 5.74) is 0.950. The van der Waals surface area contributed by atoms with Gasteiger partial charge < -0.3 is 24.3 Å². The van der Waals surface area contributed by atoms with E-state index in [-0.39, 0.29) is 36.5 Å². The fraction of sp³-hybridized carbons (Fsp3) is 0.783. The van der Waals surface area contributed by atoms with E-state index in [2.05, 4.69) is 22.2 Å². The van der Waals surface area contributed by atoms with Gasteiger partial charge in [-0.25, -0.2) is 14.8 Å². The highest BCUT2D eigenvalue weighted by Crippen LogP contribution is 2.35. The van der Waals surface area contributed by atoms with Crippen LogP contribution in [0.1, 0.15) is 57.4 Å². The largest absolute Gasteiger partial charge is 0.474 e. The number of aromatic nitrogens is 2. The molecule has 1 aromatic heterocycles. The number of hydrogen-bond acceptors (Lipinski definition) is 8. The number of hydrogen-bond donors (Lipinski definition) is 1. The van der Waals surface area contributed by atoms with Crippen molar-refractivity contribution in [2.45, 2.75) is 88.7 Å². The molecule has 0 radical (unpaired) electrons. The number of nitrogens with one attached hydrogen (secondary N) is 1. The van der Waals surface area contributed by atoms with Crippen LogP contribution in [0.15, 0.2) is 6.33 Å². The van der Waals surface area contributed by atoms with Crippen LogP contribution in [0.5, 0.6) is 11.8 Å². The highest BCUT2D eigenvalue weighted by atomic mass is 16.6. The summed E-state index contributed by atoms with van der Waals surface area (Å²) in [4.78, 5) is 23.5. The molecule has 32 heavy (non-hydrogen) atoms. The van der Waals surface area contributed by atoms with Crippen LogP contribution in [0.3, 0.4) is 0 Å². The number of piperidine rings is 2. The fourth-order valence-corrected chi connectivity index (χ4v) is 4.93. The normalized spacial score (nSPS) is 28.3. The maximum atomic E-state index is 12.7. The van der Waals surface area contributed by atoms with E-state index in [1.165, 1.54) is 6.33 Å². The Morgan fingerprint density at radius 2 is 1.69 bits per heavy atom. The summed E-state index contributed by atoms with van der Waals surface area (Å²) in [6, 6.07) is -0.0543. The van der Waals surface area contributed by atoms with Gasteiger partial charge in [0.2, 0.25) is 11.8 Å². The van der Waals surface area contributed by atoms with E-state index in [1.54, 1.807) is 0 Å². The molecule has 1 aliphatic carbocycles. The third kappa shape index (κ3) is 4.93. The average Bonchev–Trinajstić information content (AvgIpc) is 3.60. The Bertz CT molecular complexity index is 785. The molecule has 2 unspecified atom stereocenters. The zero-order chi connectivity index (χ0) is 21.9. The first-order chi connectivity index (χ1) is 15.7. The quantitative estimate of drug-likeness (QED) is 0.683. The van der Waals surface area contributed by atoms with E-state index in [0.717, 1.165) is 57.2 Å². The third-order valence-corrected chi connectivity index (χ3v) is 6.69. The fourth-order valence-electron chi connectivity index (χ4n) is 4.93. The molecule has 176 valence electrons. The highest BCUT2D eigenvalue weighted by molar-refractivity contribution is 5.69. The molecule has 9 nitrogen and oxygen atoms in total. The molecule has 4 aliphatic rings. The van der Waals surface area contributed by atoms with Crippen molar-refractivity contribution in [3.8, 4) is 11.8 Å². The van der Waals surface area contributed by atoms with Crippen molar-refractivity contribution in [3.05, 3.63) is 11.9 Å². The smallest absolute Gasteiger partial charge is 0.410 e. The van der Waals surface area contributed by atoms with Crippen molar-refractivity contribution in [1.82, 2.24) is 20.2 Å². The van der Waals surface area contributed by atoms with E-state index in [0.29, 0.717) is 37.8 Å². The lowest BCUT2D eigenvalue weighted by molar-refractivity contribution is -0.0915. The summed E-state index contributed by atoms with van der Waals surface area (Å²) >= 11 is 0. The second kappa shape index (κ2) is 9.79. The maximum absolute atomic E-state index is 12.7. The van der Waals surface area contributed by atoms with Crippen molar-refractivity contribution in [2.75, 3.05) is 26.3 Å². The van der Waals surface area contributed by atoms with Gasteiger partial charge in [-0.05, 0) is 45.2 Å². The van der Waals surface area contributed by atoms with Gasteiger partial charge in [-0.2, -0.15) is 0 Å². The number of amides is 1. The predicted molar refractivity (Wildman–Crippen MR) is 116 cm³/mol. The minimum absolute atomic E-state index is 0.0272. The molecule has 0 aromatic carbocycles. The second-order valence-electron chi connectivity index (χ2n) is 9.33. The molecule has 1 saturated carbocycles. The Balaban J connectivity index is 1.28. The Hall–Kier alpha value is -2.13. The van der Waals surface area contributed by atoms with E-state index in [4.69, 9.17) is 18.9 Å². The first kappa shape index (κ1) is 21.7. The molecule has 9 heteroatoms. The first-order valence-electron chi connectivity index (χ1n) is 12.2. The van der Waals surface area contributed by atoms with Crippen LogP contribution in [0, 0.1) is 0 Å². The van der Waals surface area contributed by atoms with Crippen LogP contribution in [-0.2, 0) is 15.9 Å². The van der Waals surface area contributed by atoms with Crippen LogP contribution in [0.2, 0.25) is 0 Å². The summed E-state index contributed by atoms with van der Waals surface area (Å²) in [6.07, 6.45) is 8.67. The van der Waals surface area contributed by atoms with Crippen LogP contribution < -0.4 is 14.8 Å². The molecule has 1 amide bonds. The van der Waals surface area contributed by atoms with Crippen molar-refractivity contribution in [2.24, 2.45) is 0 Å². The number of rotatable bonds is 7. The molecule has 5 rings (SSSR count). The lowest BCUT2D eigenvalue weighted by atomic mass is 9.92. The maximum Gasteiger partial charge on any atom is 0.410 e. The van der Waals surface area contributed by atoms with Crippen molar-refractivity contribution < 1.29 is 23.7 Å². The molecule has 4 fully saturated rings. The van der Waals surface area contributed by atoms with Gasteiger partial charge >= 0.3 is 6.09 Å². The Morgan fingerprint density at radius 3 is 2.31 bits per heavy atom. The monoisotopic (exact) mass is 446 g/mol. The number of carbonyl (C=O) groups is 1. The Labute approximate surface area is 189 Å². The summed E-state index contributed by atoms with van der Waals surface area (Å²) in [5.74, 6) is 1.27. The third-order valence-electron chi connectivity index (χ3n) is 6.69. The molecule has 1 aromatic rings. The van der Waals surface area contributed by atoms with Crippen molar-refractivity contribution >= 4 is 6.09 Å². The van der Waals surface area contributed by atoms with Crippen LogP contribution in [-0.4, -0.2) is 77.7 Å². The summed E-state index contributed by atoms with van der Waals surface area (Å²) in [5, 5.41) is 3.37. The minimum Gasteiger partial charge on any atom is -0.474 e. The first-order valence-corrected chi connectivity index (χ1v) is 12.2. The second-order valence-corrected chi connectivity index (χ2v) is 9.33. The van der Waals surface area contributed by atoms with E-state index >= 15 is 0 Å². The predicted octanol–water partition coefficient (Wildman–Crippen LogP) is 2.47. The summed E-state index contributed by atoms with van der Waals surface area (Å²) < 4.78 is 24.0. The summed E-state index contributed by atoms with van der Waals surface area (Å²) in [7, 11) is 0. The lowest BCUT2D eigenvalue weighted by Gasteiger charge is -2.47. The zero-order valence-corrected chi connectivity index (χ0v) is 18.8. The molecule has 1 N–H and O–H groups in total. The molecule has 3 saturated heterocycles. The number of morpholine rings is 1. The van der Waals surface area contributed by atoms with Crippen LogP contribution in [0.4, 0.5) is 4.79 Å². The molecule has 4 heterocycles. The van der Waals surface area contributed by atoms with Gasteiger partial charge in [0.25, 0.3) is 0 Å². The number of nitrogens with zero attached hydrogens (tertiary/aromatic N) is 3. The van der Waals surface area contributed by atoms with Gasteiger partial charge in [0.15, 0.2) is 0 Å². The standard InChI is InChI=1S/C23H34N4O5/c1-2-3-20-21(30-18-6-8-24-9-7-18)25-14-26-22(20)31-19-10-15-12-29-13-16(11-19)27(15)23(28)32-17-4-5-17/h14-19,24H,2-13H2,1H3. The van der Waals surface area contributed by atoms with Crippen molar-refractivity contribution in [1.29, 1.82) is 0 Å². The van der Waals surface area contributed by atoms with E-state index in [1.807, 2.05) is 4.90 Å². The molecule has 0 spiro atoms. The zero-order valence-electron chi connectivity index (χ0n) is 18.8. The number of ether oxygens (including phenoxy) is 4. The van der Waals surface area contributed by atoms with Gasteiger partial charge in [0.1, 0.15) is 24.6 Å². The van der Waals surface area contributed by atoms with Crippen LogP contribution in [0.25, 0.3) is 0 Å². The highest BCUT2D eigenvalue weighted by Gasteiger charge is 2.44. The van der Waals surface area contributed by atoms with E-state index in [9.17, 15) is 4.79 Å². The van der Waals surface area contributed by atoms with Gasteiger partial charge in [0.05, 0.1) is 30.9 Å².